The van der Waals surface area contributed by atoms with E-state index in [4.69, 9.17) is 16.6 Å². The SMILES string of the molecule is O=C1NC(=S)C(=Cc2ccc(Sc3ccccc3)o2)N1. The fourth-order valence-electron chi connectivity index (χ4n) is 1.70. The van der Waals surface area contributed by atoms with Gasteiger partial charge in [-0.15, -0.1) is 0 Å². The summed E-state index contributed by atoms with van der Waals surface area (Å²) < 4.78 is 5.68. The van der Waals surface area contributed by atoms with Gasteiger partial charge in [0, 0.05) is 11.0 Å². The second kappa shape index (κ2) is 5.52. The summed E-state index contributed by atoms with van der Waals surface area (Å²) in [4.78, 5) is 12.6. The number of carbonyl (C=O) groups is 1. The molecule has 1 aromatic carbocycles. The molecule has 4 nitrogen and oxygen atoms in total. The topological polar surface area (TPSA) is 54.3 Å². The van der Waals surface area contributed by atoms with Gasteiger partial charge in [0.2, 0.25) is 0 Å². The fourth-order valence-corrected chi connectivity index (χ4v) is 2.70. The van der Waals surface area contributed by atoms with Crippen LogP contribution in [0.1, 0.15) is 5.76 Å². The van der Waals surface area contributed by atoms with E-state index in [1.165, 1.54) is 11.8 Å². The molecule has 2 amide bonds. The predicted molar refractivity (Wildman–Crippen MR) is 81.5 cm³/mol. The predicted octanol–water partition coefficient (Wildman–Crippen LogP) is 3.41. The average Bonchev–Trinajstić information content (AvgIpc) is 2.98. The molecular formula is C14H10N2O2S2. The van der Waals surface area contributed by atoms with Gasteiger partial charge in [0.1, 0.15) is 10.7 Å². The lowest BCUT2D eigenvalue weighted by molar-refractivity contribution is 0.250. The monoisotopic (exact) mass is 302 g/mol. The lowest BCUT2D eigenvalue weighted by Gasteiger charge is -1.96. The lowest BCUT2D eigenvalue weighted by atomic mass is 10.3. The van der Waals surface area contributed by atoms with Crippen LogP contribution in [-0.2, 0) is 0 Å². The molecule has 1 aliphatic heterocycles. The van der Waals surface area contributed by atoms with Crippen molar-refractivity contribution in [1.82, 2.24) is 10.6 Å². The van der Waals surface area contributed by atoms with Crippen LogP contribution >= 0.6 is 24.0 Å². The summed E-state index contributed by atoms with van der Waals surface area (Å²) in [6.45, 7) is 0. The van der Waals surface area contributed by atoms with Crippen molar-refractivity contribution < 1.29 is 9.21 Å². The van der Waals surface area contributed by atoms with E-state index in [0.29, 0.717) is 16.4 Å². The largest absolute Gasteiger partial charge is 0.450 e. The normalized spacial score (nSPS) is 16.3. The Bertz CT molecular complexity index is 692. The van der Waals surface area contributed by atoms with Gasteiger partial charge in [0.25, 0.3) is 0 Å². The summed E-state index contributed by atoms with van der Waals surface area (Å²) in [5.74, 6) is 0.643. The van der Waals surface area contributed by atoms with Gasteiger partial charge in [-0.25, -0.2) is 4.79 Å². The number of thiocarbonyl (C=S) groups is 1. The quantitative estimate of drug-likeness (QED) is 0.674. The molecule has 1 aromatic heterocycles. The molecule has 100 valence electrons. The van der Waals surface area contributed by atoms with Crippen molar-refractivity contribution in [2.24, 2.45) is 0 Å². The van der Waals surface area contributed by atoms with Gasteiger partial charge in [0.15, 0.2) is 5.09 Å². The van der Waals surface area contributed by atoms with Crippen LogP contribution in [0, 0.1) is 0 Å². The van der Waals surface area contributed by atoms with E-state index in [-0.39, 0.29) is 6.03 Å². The van der Waals surface area contributed by atoms with Gasteiger partial charge < -0.3 is 9.73 Å². The number of nitrogens with one attached hydrogen (secondary N) is 2. The summed E-state index contributed by atoms with van der Waals surface area (Å²) in [7, 11) is 0. The number of hydrogen-bond acceptors (Lipinski definition) is 4. The second-order valence-electron chi connectivity index (χ2n) is 4.04. The first kappa shape index (κ1) is 13.0. The van der Waals surface area contributed by atoms with Crippen LogP contribution < -0.4 is 10.6 Å². The Morgan fingerprint density at radius 1 is 1.10 bits per heavy atom. The van der Waals surface area contributed by atoms with Crippen LogP contribution in [0.4, 0.5) is 4.79 Å². The number of rotatable bonds is 3. The number of benzene rings is 1. The first-order valence-electron chi connectivity index (χ1n) is 5.87. The summed E-state index contributed by atoms with van der Waals surface area (Å²) in [6.07, 6.45) is 1.70. The maximum absolute atomic E-state index is 11.1. The molecule has 2 N–H and O–H groups in total. The van der Waals surface area contributed by atoms with E-state index >= 15 is 0 Å². The number of amides is 2. The standard InChI is InChI=1S/C14H10N2O2S2/c17-14-15-11(13(19)16-14)8-9-6-7-12(18-9)20-10-4-2-1-3-5-10/h1-8H,(H2,15,16,17,19). The van der Waals surface area contributed by atoms with E-state index in [1.807, 2.05) is 42.5 Å². The third kappa shape index (κ3) is 2.92. The summed E-state index contributed by atoms with van der Waals surface area (Å²) in [6, 6.07) is 13.4. The van der Waals surface area contributed by atoms with Crippen molar-refractivity contribution in [3.8, 4) is 0 Å². The average molecular weight is 302 g/mol. The molecule has 0 bridgehead atoms. The smallest absolute Gasteiger partial charge is 0.324 e. The van der Waals surface area contributed by atoms with Gasteiger partial charge in [-0.2, -0.15) is 0 Å². The van der Waals surface area contributed by atoms with Gasteiger partial charge in [0.05, 0.1) is 5.70 Å². The van der Waals surface area contributed by atoms with E-state index < -0.39 is 0 Å². The molecular weight excluding hydrogens is 292 g/mol. The Morgan fingerprint density at radius 3 is 2.60 bits per heavy atom. The molecule has 1 fully saturated rings. The summed E-state index contributed by atoms with van der Waals surface area (Å²) in [5.41, 5.74) is 0.551. The maximum Gasteiger partial charge on any atom is 0.324 e. The van der Waals surface area contributed by atoms with Gasteiger partial charge in [-0.05, 0) is 24.3 Å². The molecule has 1 aliphatic rings. The summed E-state index contributed by atoms with van der Waals surface area (Å²) in [5, 5.41) is 5.90. The van der Waals surface area contributed by atoms with Crippen molar-refractivity contribution in [3.05, 3.63) is 53.9 Å². The minimum absolute atomic E-state index is 0.313. The highest BCUT2D eigenvalue weighted by Crippen LogP contribution is 2.29. The third-order valence-corrected chi connectivity index (χ3v) is 3.82. The zero-order valence-electron chi connectivity index (χ0n) is 10.3. The summed E-state index contributed by atoms with van der Waals surface area (Å²) >= 11 is 6.55. The Morgan fingerprint density at radius 2 is 1.90 bits per heavy atom. The highest BCUT2D eigenvalue weighted by molar-refractivity contribution is 7.99. The highest BCUT2D eigenvalue weighted by atomic mass is 32.2. The molecule has 0 spiro atoms. The number of urea groups is 1. The molecule has 3 rings (SSSR count). The van der Waals surface area contributed by atoms with Crippen molar-refractivity contribution in [2.75, 3.05) is 0 Å². The van der Waals surface area contributed by atoms with Crippen LogP contribution in [0.25, 0.3) is 6.08 Å². The van der Waals surface area contributed by atoms with Crippen molar-refractivity contribution in [3.63, 3.8) is 0 Å². The molecule has 0 saturated carbocycles. The molecule has 0 radical (unpaired) electrons. The number of carbonyl (C=O) groups excluding carboxylic acids is 1. The Kier molecular flexibility index (Phi) is 3.58. The molecule has 0 atom stereocenters. The third-order valence-electron chi connectivity index (χ3n) is 2.57. The molecule has 6 heteroatoms. The minimum atomic E-state index is -0.313. The molecule has 0 aliphatic carbocycles. The van der Waals surface area contributed by atoms with Gasteiger partial charge in [-0.3, -0.25) is 5.32 Å². The van der Waals surface area contributed by atoms with E-state index in [9.17, 15) is 4.79 Å². The Hall–Kier alpha value is -2.05. The van der Waals surface area contributed by atoms with Crippen molar-refractivity contribution in [2.45, 2.75) is 9.99 Å². The van der Waals surface area contributed by atoms with Gasteiger partial charge in [-0.1, -0.05) is 42.2 Å². The Labute approximate surface area is 125 Å². The van der Waals surface area contributed by atoms with Crippen LogP contribution in [0.5, 0.6) is 0 Å². The first-order chi connectivity index (χ1) is 9.70. The van der Waals surface area contributed by atoms with Crippen molar-refractivity contribution >= 4 is 41.1 Å². The second-order valence-corrected chi connectivity index (χ2v) is 5.52. The van der Waals surface area contributed by atoms with E-state index in [2.05, 4.69) is 10.6 Å². The van der Waals surface area contributed by atoms with Crippen molar-refractivity contribution in [1.29, 1.82) is 0 Å². The molecule has 20 heavy (non-hydrogen) atoms. The number of furan rings is 1. The minimum Gasteiger partial charge on any atom is -0.450 e. The number of hydrogen-bond donors (Lipinski definition) is 2. The van der Waals surface area contributed by atoms with E-state index in [0.717, 1.165) is 9.99 Å². The molecule has 2 aromatic rings. The highest BCUT2D eigenvalue weighted by Gasteiger charge is 2.19. The van der Waals surface area contributed by atoms with Crippen LogP contribution in [0.15, 0.2) is 62.6 Å². The maximum atomic E-state index is 11.1. The van der Waals surface area contributed by atoms with Crippen LogP contribution in [-0.4, -0.2) is 11.0 Å². The molecule has 0 unspecified atom stereocenters. The lowest BCUT2D eigenvalue weighted by Crippen LogP contribution is -2.21. The zero-order chi connectivity index (χ0) is 13.9. The fraction of sp³-hybridized carbons (Fsp3) is 0. The van der Waals surface area contributed by atoms with E-state index in [1.54, 1.807) is 6.08 Å². The molecule has 1 saturated heterocycles. The van der Waals surface area contributed by atoms with Gasteiger partial charge >= 0.3 is 6.03 Å². The van der Waals surface area contributed by atoms with Crippen LogP contribution in [0.2, 0.25) is 0 Å². The van der Waals surface area contributed by atoms with Crippen LogP contribution in [0.3, 0.4) is 0 Å². The molecule has 2 heterocycles. The Balaban J connectivity index is 1.76. The zero-order valence-corrected chi connectivity index (χ0v) is 11.9. The first-order valence-corrected chi connectivity index (χ1v) is 7.10.